The maximum absolute atomic E-state index is 9.58. The molecule has 1 aromatic rings. The Kier molecular flexibility index (Phi) is 6.52. The Labute approximate surface area is 134 Å². The molecule has 0 saturated carbocycles. The minimum Gasteiger partial charge on any atom is -0.493 e. The first kappa shape index (κ1) is 17.1. The maximum atomic E-state index is 9.58. The molecule has 1 saturated heterocycles. The van der Waals surface area contributed by atoms with Gasteiger partial charge in [-0.3, -0.25) is 4.90 Å². The van der Waals surface area contributed by atoms with Crippen molar-refractivity contribution in [1.82, 2.24) is 4.90 Å². The summed E-state index contributed by atoms with van der Waals surface area (Å²) in [5.74, 6) is 2.26. The van der Waals surface area contributed by atoms with Crippen molar-refractivity contribution in [3.05, 3.63) is 23.8 Å². The summed E-state index contributed by atoms with van der Waals surface area (Å²) in [5.41, 5.74) is 1.23. The summed E-state index contributed by atoms with van der Waals surface area (Å²) in [4.78, 5) is 2.38. The first-order valence-corrected chi connectivity index (χ1v) is 8.28. The lowest BCUT2D eigenvalue weighted by Gasteiger charge is -2.29. The third kappa shape index (κ3) is 5.18. The van der Waals surface area contributed by atoms with Gasteiger partial charge in [-0.05, 0) is 42.9 Å². The number of aliphatic hydroxyl groups is 1. The van der Waals surface area contributed by atoms with Crippen LogP contribution in [0.15, 0.2) is 18.2 Å². The highest BCUT2D eigenvalue weighted by Gasteiger charge is 2.17. The Morgan fingerprint density at radius 2 is 1.95 bits per heavy atom. The zero-order valence-corrected chi connectivity index (χ0v) is 14.0. The van der Waals surface area contributed by atoms with Crippen molar-refractivity contribution in [3.63, 3.8) is 0 Å². The molecule has 1 heterocycles. The van der Waals surface area contributed by atoms with Gasteiger partial charge in [-0.15, -0.1) is 0 Å². The number of nitrogens with zero attached hydrogens (tertiary/aromatic N) is 1. The van der Waals surface area contributed by atoms with E-state index >= 15 is 0 Å². The molecule has 2 rings (SSSR count). The fraction of sp³-hybridized carbons (Fsp3) is 0.667. The number of hydrogen-bond donors (Lipinski definition) is 1. The molecular weight excluding hydrogens is 278 g/mol. The zero-order chi connectivity index (χ0) is 15.9. The minimum atomic E-state index is -0.123. The lowest BCUT2D eigenvalue weighted by Crippen LogP contribution is -2.35. The van der Waals surface area contributed by atoms with Gasteiger partial charge >= 0.3 is 0 Å². The van der Waals surface area contributed by atoms with E-state index in [1.54, 1.807) is 7.11 Å². The summed E-state index contributed by atoms with van der Waals surface area (Å²) in [5, 5.41) is 9.58. The first-order valence-electron chi connectivity index (χ1n) is 8.28. The van der Waals surface area contributed by atoms with Crippen LogP contribution in [-0.2, 0) is 6.54 Å². The van der Waals surface area contributed by atoms with Gasteiger partial charge in [-0.2, -0.15) is 0 Å². The molecule has 4 heteroatoms. The Morgan fingerprint density at radius 1 is 1.23 bits per heavy atom. The molecule has 1 fully saturated rings. The number of likely N-dealkylation sites (tertiary alicyclic amines) is 1. The van der Waals surface area contributed by atoms with Gasteiger partial charge in [0.05, 0.1) is 19.8 Å². The molecule has 1 aromatic carbocycles. The molecule has 0 bridgehead atoms. The lowest BCUT2D eigenvalue weighted by atomic mass is 10.1. The summed E-state index contributed by atoms with van der Waals surface area (Å²) < 4.78 is 11.3. The SMILES string of the molecule is COc1ccc(CN2CCC(O)CC2)cc1OCCC(C)C. The Balaban J connectivity index is 1.96. The van der Waals surface area contributed by atoms with E-state index in [4.69, 9.17) is 9.47 Å². The van der Waals surface area contributed by atoms with Crippen molar-refractivity contribution < 1.29 is 14.6 Å². The van der Waals surface area contributed by atoms with E-state index in [2.05, 4.69) is 30.9 Å². The largest absolute Gasteiger partial charge is 0.493 e. The van der Waals surface area contributed by atoms with E-state index in [9.17, 15) is 5.11 Å². The van der Waals surface area contributed by atoms with Crippen molar-refractivity contribution in [1.29, 1.82) is 0 Å². The minimum absolute atomic E-state index is 0.123. The molecular formula is C18H29NO3. The number of methoxy groups -OCH3 is 1. The van der Waals surface area contributed by atoms with Crippen molar-refractivity contribution in [3.8, 4) is 11.5 Å². The third-order valence-electron chi connectivity index (χ3n) is 4.14. The molecule has 1 N–H and O–H groups in total. The molecule has 0 spiro atoms. The molecule has 0 amide bonds. The molecule has 0 aliphatic carbocycles. The van der Waals surface area contributed by atoms with Crippen molar-refractivity contribution in [2.24, 2.45) is 5.92 Å². The topological polar surface area (TPSA) is 41.9 Å². The van der Waals surface area contributed by atoms with Gasteiger partial charge in [0, 0.05) is 19.6 Å². The third-order valence-corrected chi connectivity index (χ3v) is 4.14. The van der Waals surface area contributed by atoms with Gasteiger partial charge < -0.3 is 14.6 Å². The zero-order valence-electron chi connectivity index (χ0n) is 14.0. The van der Waals surface area contributed by atoms with Gasteiger partial charge in [-0.1, -0.05) is 19.9 Å². The van der Waals surface area contributed by atoms with E-state index < -0.39 is 0 Å². The molecule has 0 unspecified atom stereocenters. The van der Waals surface area contributed by atoms with E-state index in [0.717, 1.165) is 50.4 Å². The van der Waals surface area contributed by atoms with Crippen LogP contribution in [0.1, 0.15) is 38.7 Å². The van der Waals surface area contributed by atoms with Crippen LogP contribution in [-0.4, -0.2) is 42.9 Å². The molecule has 0 aromatic heterocycles. The number of benzene rings is 1. The highest BCUT2D eigenvalue weighted by atomic mass is 16.5. The van der Waals surface area contributed by atoms with Gasteiger partial charge in [0.15, 0.2) is 11.5 Å². The molecule has 0 radical (unpaired) electrons. The number of piperidine rings is 1. The van der Waals surface area contributed by atoms with Crippen LogP contribution in [0.25, 0.3) is 0 Å². The highest BCUT2D eigenvalue weighted by Crippen LogP contribution is 2.29. The van der Waals surface area contributed by atoms with Crippen LogP contribution in [0.3, 0.4) is 0 Å². The average molecular weight is 307 g/mol. The summed E-state index contributed by atoms with van der Waals surface area (Å²) in [6.45, 7) is 7.92. The summed E-state index contributed by atoms with van der Waals surface area (Å²) in [6.07, 6.45) is 2.65. The lowest BCUT2D eigenvalue weighted by molar-refractivity contribution is 0.0792. The number of hydrogen-bond acceptors (Lipinski definition) is 4. The highest BCUT2D eigenvalue weighted by molar-refractivity contribution is 5.43. The molecule has 22 heavy (non-hydrogen) atoms. The van der Waals surface area contributed by atoms with Crippen LogP contribution in [0, 0.1) is 5.92 Å². The molecule has 124 valence electrons. The molecule has 4 nitrogen and oxygen atoms in total. The number of aliphatic hydroxyl groups excluding tert-OH is 1. The number of ether oxygens (including phenoxy) is 2. The van der Waals surface area contributed by atoms with Gasteiger partial charge in [0.1, 0.15) is 0 Å². The van der Waals surface area contributed by atoms with Gasteiger partial charge in [0.2, 0.25) is 0 Å². The van der Waals surface area contributed by atoms with E-state index in [1.165, 1.54) is 5.56 Å². The predicted octanol–water partition coefficient (Wildman–Crippen LogP) is 3.08. The normalized spacial score (nSPS) is 17.0. The second-order valence-electron chi connectivity index (χ2n) is 6.52. The summed E-state index contributed by atoms with van der Waals surface area (Å²) in [7, 11) is 1.68. The van der Waals surface area contributed by atoms with Crippen LogP contribution >= 0.6 is 0 Å². The summed E-state index contributed by atoms with van der Waals surface area (Å²) >= 11 is 0. The Bertz CT molecular complexity index is 454. The Hall–Kier alpha value is -1.26. The fourth-order valence-corrected chi connectivity index (χ4v) is 2.67. The average Bonchev–Trinajstić information content (AvgIpc) is 2.49. The van der Waals surface area contributed by atoms with Crippen molar-refractivity contribution in [2.75, 3.05) is 26.8 Å². The van der Waals surface area contributed by atoms with Crippen molar-refractivity contribution in [2.45, 2.75) is 45.8 Å². The fourth-order valence-electron chi connectivity index (χ4n) is 2.67. The second kappa shape index (κ2) is 8.39. The quantitative estimate of drug-likeness (QED) is 0.840. The van der Waals surface area contributed by atoms with E-state index in [-0.39, 0.29) is 6.10 Å². The first-order chi connectivity index (χ1) is 10.6. The van der Waals surface area contributed by atoms with Gasteiger partial charge in [0.25, 0.3) is 0 Å². The van der Waals surface area contributed by atoms with Gasteiger partial charge in [-0.25, -0.2) is 0 Å². The maximum Gasteiger partial charge on any atom is 0.161 e. The van der Waals surface area contributed by atoms with E-state index in [0.29, 0.717) is 12.5 Å². The van der Waals surface area contributed by atoms with Crippen LogP contribution in [0.2, 0.25) is 0 Å². The van der Waals surface area contributed by atoms with Crippen LogP contribution in [0.5, 0.6) is 11.5 Å². The van der Waals surface area contributed by atoms with Crippen molar-refractivity contribution >= 4 is 0 Å². The summed E-state index contributed by atoms with van der Waals surface area (Å²) in [6, 6.07) is 6.17. The second-order valence-corrected chi connectivity index (χ2v) is 6.52. The predicted molar refractivity (Wildman–Crippen MR) is 88.5 cm³/mol. The van der Waals surface area contributed by atoms with Crippen LogP contribution < -0.4 is 9.47 Å². The number of rotatable bonds is 7. The van der Waals surface area contributed by atoms with Crippen LogP contribution in [0.4, 0.5) is 0 Å². The smallest absolute Gasteiger partial charge is 0.161 e. The molecule has 1 aliphatic heterocycles. The monoisotopic (exact) mass is 307 g/mol. The molecule has 1 aliphatic rings. The Morgan fingerprint density at radius 3 is 2.59 bits per heavy atom. The molecule has 0 atom stereocenters. The van der Waals surface area contributed by atoms with E-state index in [1.807, 2.05) is 6.07 Å². The standard InChI is InChI=1S/C18H29NO3/c1-14(2)8-11-22-18-12-15(4-5-17(18)21-3)13-19-9-6-16(20)7-10-19/h4-5,12,14,16,20H,6-11,13H2,1-3H3.